The number of halogens is 1. The average Bonchev–Trinajstić information content (AvgIpc) is 2.41. The molecule has 0 saturated carbocycles. The molecule has 5 heteroatoms. The van der Waals surface area contributed by atoms with E-state index >= 15 is 0 Å². The molecule has 0 spiro atoms. The SMILES string of the molecule is CC(c1ccccc1)n1cc(Br)cc(C(=O)O)c1=O. The lowest BCUT2D eigenvalue weighted by Crippen LogP contribution is -2.28. The van der Waals surface area contributed by atoms with Crippen LogP contribution < -0.4 is 5.56 Å². The summed E-state index contributed by atoms with van der Waals surface area (Å²) < 4.78 is 1.98. The molecule has 0 aliphatic rings. The monoisotopic (exact) mass is 321 g/mol. The van der Waals surface area contributed by atoms with Gasteiger partial charge in [0.1, 0.15) is 5.56 Å². The molecular weight excluding hydrogens is 310 g/mol. The molecule has 1 heterocycles. The molecule has 1 unspecified atom stereocenters. The summed E-state index contributed by atoms with van der Waals surface area (Å²) in [5, 5.41) is 9.03. The summed E-state index contributed by atoms with van der Waals surface area (Å²) >= 11 is 3.23. The third-order valence-electron chi connectivity index (χ3n) is 2.94. The second-order valence-corrected chi connectivity index (χ2v) is 5.09. The number of rotatable bonds is 3. The van der Waals surface area contributed by atoms with E-state index in [1.54, 1.807) is 6.20 Å². The van der Waals surface area contributed by atoms with Crippen molar-refractivity contribution in [2.45, 2.75) is 13.0 Å². The van der Waals surface area contributed by atoms with Crippen LogP contribution in [-0.2, 0) is 0 Å². The highest BCUT2D eigenvalue weighted by Crippen LogP contribution is 2.18. The Hall–Kier alpha value is -1.88. The van der Waals surface area contributed by atoms with Crippen molar-refractivity contribution in [2.75, 3.05) is 0 Å². The molecule has 0 aliphatic heterocycles. The van der Waals surface area contributed by atoms with Gasteiger partial charge in [-0.1, -0.05) is 30.3 Å². The molecule has 0 amide bonds. The molecular formula is C14H12BrNO3. The Kier molecular flexibility index (Phi) is 3.85. The minimum atomic E-state index is -1.22. The van der Waals surface area contributed by atoms with Crippen LogP contribution in [0.5, 0.6) is 0 Å². The maximum absolute atomic E-state index is 12.1. The zero-order chi connectivity index (χ0) is 14.0. The molecule has 4 nitrogen and oxygen atoms in total. The van der Waals surface area contributed by atoms with Gasteiger partial charge in [-0.15, -0.1) is 0 Å². The van der Waals surface area contributed by atoms with Gasteiger partial charge >= 0.3 is 5.97 Å². The molecule has 1 aromatic carbocycles. The fourth-order valence-corrected chi connectivity index (χ4v) is 2.35. The third-order valence-corrected chi connectivity index (χ3v) is 3.37. The normalized spacial score (nSPS) is 12.1. The summed E-state index contributed by atoms with van der Waals surface area (Å²) in [6, 6.07) is 10.5. The third kappa shape index (κ3) is 2.76. The molecule has 2 aromatic rings. The van der Waals surface area contributed by atoms with Crippen LogP contribution in [0.25, 0.3) is 0 Å². The predicted octanol–water partition coefficient (Wildman–Crippen LogP) is 2.92. The standard InChI is InChI=1S/C14H12BrNO3/c1-9(10-5-3-2-4-6-10)16-8-11(15)7-12(13(16)17)14(18)19/h2-9H,1H3,(H,18,19). The first-order chi connectivity index (χ1) is 9.00. The largest absolute Gasteiger partial charge is 0.477 e. The van der Waals surface area contributed by atoms with Crippen molar-refractivity contribution in [3.63, 3.8) is 0 Å². The van der Waals surface area contributed by atoms with Crippen LogP contribution in [0.4, 0.5) is 0 Å². The Morgan fingerprint density at radius 2 is 1.95 bits per heavy atom. The van der Waals surface area contributed by atoms with E-state index < -0.39 is 11.5 Å². The maximum atomic E-state index is 12.1. The Morgan fingerprint density at radius 1 is 1.32 bits per heavy atom. The summed E-state index contributed by atoms with van der Waals surface area (Å²) in [6.45, 7) is 1.86. The molecule has 19 heavy (non-hydrogen) atoms. The van der Waals surface area contributed by atoms with E-state index in [1.807, 2.05) is 37.3 Å². The number of pyridine rings is 1. The predicted molar refractivity (Wildman–Crippen MR) is 75.6 cm³/mol. The van der Waals surface area contributed by atoms with Crippen LogP contribution in [0, 0.1) is 0 Å². The molecule has 2 rings (SSSR count). The van der Waals surface area contributed by atoms with Crippen molar-refractivity contribution in [3.05, 3.63) is 68.5 Å². The van der Waals surface area contributed by atoms with Crippen molar-refractivity contribution in [1.29, 1.82) is 0 Å². The van der Waals surface area contributed by atoms with Gasteiger partial charge in [0, 0.05) is 10.7 Å². The lowest BCUT2D eigenvalue weighted by Gasteiger charge is -2.16. The molecule has 0 fully saturated rings. The fraction of sp³-hybridized carbons (Fsp3) is 0.143. The van der Waals surface area contributed by atoms with E-state index in [0.29, 0.717) is 4.47 Å². The first-order valence-electron chi connectivity index (χ1n) is 5.70. The number of benzene rings is 1. The van der Waals surface area contributed by atoms with Crippen LogP contribution in [0.3, 0.4) is 0 Å². The smallest absolute Gasteiger partial charge is 0.341 e. The van der Waals surface area contributed by atoms with E-state index in [1.165, 1.54) is 10.6 Å². The van der Waals surface area contributed by atoms with Crippen LogP contribution >= 0.6 is 15.9 Å². The summed E-state index contributed by atoms with van der Waals surface area (Å²) in [4.78, 5) is 23.2. The molecule has 0 saturated heterocycles. The lowest BCUT2D eigenvalue weighted by atomic mass is 10.1. The van der Waals surface area contributed by atoms with E-state index in [4.69, 9.17) is 5.11 Å². The van der Waals surface area contributed by atoms with Gasteiger partial charge in [-0.3, -0.25) is 4.79 Å². The van der Waals surface area contributed by atoms with E-state index in [2.05, 4.69) is 15.9 Å². The van der Waals surface area contributed by atoms with E-state index in [-0.39, 0.29) is 11.6 Å². The van der Waals surface area contributed by atoms with Crippen molar-refractivity contribution in [1.82, 2.24) is 4.57 Å². The van der Waals surface area contributed by atoms with Gasteiger partial charge in [0.15, 0.2) is 0 Å². The number of hydrogen-bond acceptors (Lipinski definition) is 2. The number of carboxylic acids is 1. The van der Waals surface area contributed by atoms with Gasteiger partial charge in [0.05, 0.1) is 6.04 Å². The Bertz CT molecular complexity index is 664. The molecule has 1 N–H and O–H groups in total. The number of hydrogen-bond donors (Lipinski definition) is 1. The quantitative estimate of drug-likeness (QED) is 0.945. The molecule has 1 atom stereocenters. The summed E-state index contributed by atoms with van der Waals surface area (Å²) in [5.41, 5.74) is 0.197. The second-order valence-electron chi connectivity index (χ2n) is 4.18. The minimum Gasteiger partial charge on any atom is -0.477 e. The molecule has 98 valence electrons. The number of carboxylic acid groups (broad SMARTS) is 1. The van der Waals surface area contributed by atoms with E-state index in [9.17, 15) is 9.59 Å². The number of aromatic nitrogens is 1. The van der Waals surface area contributed by atoms with Crippen LogP contribution in [0.15, 0.2) is 51.9 Å². The molecule has 0 radical (unpaired) electrons. The van der Waals surface area contributed by atoms with Gasteiger partial charge in [-0.05, 0) is 34.5 Å². The zero-order valence-electron chi connectivity index (χ0n) is 10.2. The first kappa shape index (κ1) is 13.5. The lowest BCUT2D eigenvalue weighted by molar-refractivity contribution is 0.0694. The zero-order valence-corrected chi connectivity index (χ0v) is 11.8. The highest BCUT2D eigenvalue weighted by molar-refractivity contribution is 9.10. The van der Waals surface area contributed by atoms with Crippen LogP contribution in [0.1, 0.15) is 28.9 Å². The minimum absolute atomic E-state index is 0.232. The summed E-state index contributed by atoms with van der Waals surface area (Å²) in [6.07, 6.45) is 1.60. The Morgan fingerprint density at radius 3 is 2.53 bits per heavy atom. The van der Waals surface area contributed by atoms with Gasteiger partial charge in [0.2, 0.25) is 0 Å². The topological polar surface area (TPSA) is 59.3 Å². The van der Waals surface area contributed by atoms with Crippen molar-refractivity contribution < 1.29 is 9.90 Å². The molecule has 1 aromatic heterocycles. The number of nitrogens with zero attached hydrogens (tertiary/aromatic N) is 1. The summed E-state index contributed by atoms with van der Waals surface area (Å²) in [7, 11) is 0. The molecule has 0 bridgehead atoms. The van der Waals surface area contributed by atoms with Crippen molar-refractivity contribution in [2.24, 2.45) is 0 Å². The average molecular weight is 322 g/mol. The Balaban J connectivity index is 2.57. The number of carbonyl (C=O) groups is 1. The van der Waals surface area contributed by atoms with E-state index in [0.717, 1.165) is 5.56 Å². The summed E-state index contributed by atoms with van der Waals surface area (Å²) in [5.74, 6) is -1.22. The van der Waals surface area contributed by atoms with Gasteiger partial charge in [0.25, 0.3) is 5.56 Å². The molecule has 0 aliphatic carbocycles. The maximum Gasteiger partial charge on any atom is 0.341 e. The van der Waals surface area contributed by atoms with Crippen molar-refractivity contribution in [3.8, 4) is 0 Å². The van der Waals surface area contributed by atoms with Gasteiger partial charge in [-0.25, -0.2) is 4.79 Å². The number of aromatic carboxylic acids is 1. The van der Waals surface area contributed by atoms with Crippen molar-refractivity contribution >= 4 is 21.9 Å². The first-order valence-corrected chi connectivity index (χ1v) is 6.50. The van der Waals surface area contributed by atoms with Gasteiger partial charge in [-0.2, -0.15) is 0 Å². The Labute approximate surface area is 118 Å². The highest BCUT2D eigenvalue weighted by atomic mass is 79.9. The fourth-order valence-electron chi connectivity index (χ4n) is 1.90. The second kappa shape index (κ2) is 5.40. The highest BCUT2D eigenvalue weighted by Gasteiger charge is 2.16. The van der Waals surface area contributed by atoms with Crippen LogP contribution in [0.2, 0.25) is 0 Å². The van der Waals surface area contributed by atoms with Crippen LogP contribution in [-0.4, -0.2) is 15.6 Å². The van der Waals surface area contributed by atoms with Gasteiger partial charge < -0.3 is 9.67 Å².